The Hall–Kier alpha value is -3.85. The van der Waals surface area contributed by atoms with E-state index in [2.05, 4.69) is 25.3 Å². The summed E-state index contributed by atoms with van der Waals surface area (Å²) in [6.45, 7) is 1.70. The highest BCUT2D eigenvalue weighted by Gasteiger charge is 2.64. The van der Waals surface area contributed by atoms with Crippen molar-refractivity contribution < 1.29 is 13.9 Å². The summed E-state index contributed by atoms with van der Waals surface area (Å²) in [6, 6.07) is 10.2. The lowest BCUT2D eigenvalue weighted by Gasteiger charge is -2.18. The van der Waals surface area contributed by atoms with Crippen molar-refractivity contribution in [2.24, 2.45) is 18.4 Å². The Morgan fingerprint density at radius 1 is 1.17 bits per heavy atom. The van der Waals surface area contributed by atoms with E-state index in [1.54, 1.807) is 43.1 Å². The molecule has 35 heavy (non-hydrogen) atoms. The van der Waals surface area contributed by atoms with Crippen LogP contribution in [0.25, 0.3) is 33.4 Å². The first kappa shape index (κ1) is 21.7. The smallest absolute Gasteiger partial charge is 0.232 e. The Bertz CT molecular complexity index is 1480. The number of halogens is 1. The fourth-order valence-electron chi connectivity index (χ4n) is 5.41. The van der Waals surface area contributed by atoms with Crippen molar-refractivity contribution in [2.45, 2.75) is 6.42 Å². The summed E-state index contributed by atoms with van der Waals surface area (Å²) in [5.74, 6) is 0.573. The number of rotatable bonds is 5. The number of benzene rings is 2. The highest BCUT2D eigenvalue weighted by Crippen LogP contribution is 2.58. The van der Waals surface area contributed by atoms with Crippen LogP contribution in [0, 0.1) is 17.2 Å². The Balaban J connectivity index is 1.46. The van der Waals surface area contributed by atoms with Crippen LogP contribution in [0.15, 0.2) is 48.9 Å². The maximum absolute atomic E-state index is 14.7. The summed E-state index contributed by atoms with van der Waals surface area (Å²) in [6.07, 6.45) is 4.19. The highest BCUT2D eigenvalue weighted by molar-refractivity contribution is 6.04. The molecule has 0 spiro atoms. The number of anilines is 1. The molecule has 8 nitrogen and oxygen atoms in total. The van der Waals surface area contributed by atoms with Gasteiger partial charge in [0.15, 0.2) is 0 Å². The van der Waals surface area contributed by atoms with Gasteiger partial charge in [0.1, 0.15) is 23.6 Å². The average Bonchev–Trinajstić information content (AvgIpc) is 3.21. The van der Waals surface area contributed by atoms with Crippen molar-refractivity contribution >= 4 is 22.5 Å². The Morgan fingerprint density at radius 2 is 2.00 bits per heavy atom. The molecule has 1 saturated heterocycles. The normalized spacial score (nSPS) is 21.2. The first-order valence-corrected chi connectivity index (χ1v) is 11.5. The van der Waals surface area contributed by atoms with Gasteiger partial charge in [-0.1, -0.05) is 12.1 Å². The summed E-state index contributed by atoms with van der Waals surface area (Å²) >= 11 is 0. The van der Waals surface area contributed by atoms with Gasteiger partial charge in [-0.05, 0) is 37.6 Å². The first-order valence-electron chi connectivity index (χ1n) is 11.5. The molecule has 0 unspecified atom stereocenters. The van der Waals surface area contributed by atoms with Crippen LogP contribution < -0.4 is 10.1 Å². The summed E-state index contributed by atoms with van der Waals surface area (Å²) in [4.78, 5) is 24.4. The van der Waals surface area contributed by atoms with Crippen LogP contribution >= 0.6 is 0 Å². The lowest BCUT2D eigenvalue weighted by molar-refractivity contribution is -0.121. The number of hydrogen-bond donors (Lipinski definition) is 1. The van der Waals surface area contributed by atoms with E-state index in [-0.39, 0.29) is 17.1 Å². The highest BCUT2D eigenvalue weighted by atomic mass is 19.1. The molecule has 4 aromatic rings. The molecule has 0 bridgehead atoms. The fraction of sp³-hybridized carbons (Fsp3) is 0.308. The molecule has 2 atom stereocenters. The number of nitrogens with one attached hydrogen (secondary N) is 1. The zero-order valence-electron chi connectivity index (χ0n) is 19.7. The van der Waals surface area contributed by atoms with Crippen molar-refractivity contribution in [1.29, 1.82) is 0 Å². The molecule has 9 heteroatoms. The lowest BCUT2D eigenvalue weighted by atomic mass is 10.0. The number of carbonyl (C=O) groups is 1. The zero-order valence-corrected chi connectivity index (χ0v) is 19.7. The standard InChI is InChI=1S/C26H25FN6O2/c1-32-11-15-10-26(15,13-32)25(34)30-21-8-17-20(9-22(21)35-3)28-14-29-23(17)18-12-33(2)31-24(18)16-6-4-5-7-19(16)27/h4-9,12,14-15H,10-11,13H2,1-3H3,(H,30,34)/t15-,26-/m0/s1. The topological polar surface area (TPSA) is 85.2 Å². The molecule has 2 fully saturated rings. The third-order valence-corrected chi connectivity index (χ3v) is 7.19. The Morgan fingerprint density at radius 3 is 2.74 bits per heavy atom. The number of carbonyl (C=O) groups excluding carboxylic acids is 1. The van der Waals surface area contributed by atoms with Crippen molar-refractivity contribution in [3.63, 3.8) is 0 Å². The van der Waals surface area contributed by atoms with Gasteiger partial charge in [-0.3, -0.25) is 9.48 Å². The molecule has 1 aliphatic carbocycles. The molecular weight excluding hydrogens is 447 g/mol. The second-order valence-electron chi connectivity index (χ2n) is 9.54. The van der Waals surface area contributed by atoms with Crippen LogP contribution in [0.4, 0.5) is 10.1 Å². The summed E-state index contributed by atoms with van der Waals surface area (Å²) < 4.78 is 21.9. The maximum Gasteiger partial charge on any atom is 0.232 e. The number of nitrogens with zero attached hydrogens (tertiary/aromatic N) is 5. The molecule has 1 saturated carbocycles. The van der Waals surface area contributed by atoms with Gasteiger partial charge in [-0.15, -0.1) is 0 Å². The Kier molecular flexibility index (Phi) is 4.86. The van der Waals surface area contributed by atoms with Gasteiger partial charge in [-0.25, -0.2) is 14.4 Å². The van der Waals surface area contributed by atoms with Crippen LogP contribution in [0.1, 0.15) is 6.42 Å². The largest absolute Gasteiger partial charge is 0.494 e. The number of ether oxygens (including phenoxy) is 1. The van der Waals surface area contributed by atoms with E-state index in [9.17, 15) is 9.18 Å². The average molecular weight is 473 g/mol. The van der Waals surface area contributed by atoms with Gasteiger partial charge in [0, 0.05) is 48.9 Å². The number of piperidine rings is 1. The summed E-state index contributed by atoms with van der Waals surface area (Å²) in [7, 11) is 5.40. The predicted molar refractivity (Wildman–Crippen MR) is 130 cm³/mol. The first-order chi connectivity index (χ1) is 16.9. The number of aryl methyl sites for hydroxylation is 1. The molecule has 6 rings (SSSR count). The maximum atomic E-state index is 14.7. The lowest BCUT2D eigenvalue weighted by Crippen LogP contribution is -2.30. The molecule has 178 valence electrons. The van der Waals surface area contributed by atoms with Crippen LogP contribution in [0.2, 0.25) is 0 Å². The van der Waals surface area contributed by atoms with Gasteiger partial charge in [0.25, 0.3) is 0 Å². The van der Waals surface area contributed by atoms with Crippen molar-refractivity contribution in [2.75, 3.05) is 32.6 Å². The number of likely N-dealkylation sites (tertiary alicyclic amines) is 1. The quantitative estimate of drug-likeness (QED) is 0.476. The van der Waals surface area contributed by atoms with E-state index in [1.165, 1.54) is 12.4 Å². The van der Waals surface area contributed by atoms with Gasteiger partial charge in [0.05, 0.1) is 29.4 Å². The fourth-order valence-corrected chi connectivity index (χ4v) is 5.41. The van der Waals surface area contributed by atoms with Crippen LogP contribution in [-0.2, 0) is 11.8 Å². The third-order valence-electron chi connectivity index (χ3n) is 7.19. The Labute approximate surface area is 201 Å². The van der Waals surface area contributed by atoms with E-state index in [4.69, 9.17) is 4.74 Å². The zero-order chi connectivity index (χ0) is 24.3. The minimum absolute atomic E-state index is 0.0105. The molecule has 1 amide bonds. The SMILES string of the molecule is COc1cc2ncnc(-c3cn(C)nc3-c3ccccc3F)c2cc1NC(=O)[C@]12C[C@H]1CN(C)C2. The second kappa shape index (κ2) is 7.84. The van der Waals surface area contributed by atoms with E-state index in [1.807, 2.05) is 19.3 Å². The molecule has 0 radical (unpaired) electrons. The van der Waals surface area contributed by atoms with Crippen molar-refractivity contribution in [3.8, 4) is 28.3 Å². The third kappa shape index (κ3) is 3.46. The molecular formula is C26H25FN6O2. The second-order valence-corrected chi connectivity index (χ2v) is 9.54. The van der Waals surface area contributed by atoms with E-state index < -0.39 is 0 Å². The number of hydrogen-bond acceptors (Lipinski definition) is 6. The molecule has 3 heterocycles. The van der Waals surface area contributed by atoms with E-state index >= 15 is 0 Å². The molecule has 1 N–H and O–H groups in total. The minimum Gasteiger partial charge on any atom is -0.494 e. The van der Waals surface area contributed by atoms with Gasteiger partial charge in [-0.2, -0.15) is 5.10 Å². The van der Waals surface area contributed by atoms with Crippen LogP contribution in [0.3, 0.4) is 0 Å². The van der Waals surface area contributed by atoms with Crippen molar-refractivity contribution in [1.82, 2.24) is 24.6 Å². The van der Waals surface area contributed by atoms with Gasteiger partial charge >= 0.3 is 0 Å². The van der Waals surface area contributed by atoms with Crippen LogP contribution in [0.5, 0.6) is 5.75 Å². The summed E-state index contributed by atoms with van der Waals surface area (Å²) in [5.41, 5.74) is 3.03. The monoisotopic (exact) mass is 472 g/mol. The number of aromatic nitrogens is 4. The van der Waals surface area contributed by atoms with Crippen LogP contribution in [-0.4, -0.2) is 57.8 Å². The molecule has 2 aromatic heterocycles. The minimum atomic E-state index is -0.361. The van der Waals surface area contributed by atoms with E-state index in [0.717, 1.165) is 19.5 Å². The van der Waals surface area contributed by atoms with Crippen molar-refractivity contribution in [3.05, 3.63) is 54.7 Å². The summed E-state index contributed by atoms with van der Waals surface area (Å²) in [5, 5.41) is 8.34. The number of methoxy groups -OCH3 is 1. The molecule has 1 aliphatic heterocycles. The van der Waals surface area contributed by atoms with Gasteiger partial charge in [0.2, 0.25) is 5.91 Å². The predicted octanol–water partition coefficient (Wildman–Crippen LogP) is 3.74. The number of amides is 1. The van der Waals surface area contributed by atoms with Gasteiger partial charge < -0.3 is 15.0 Å². The molecule has 2 aliphatic rings. The van der Waals surface area contributed by atoms with E-state index in [0.29, 0.717) is 50.8 Å². The molecule has 2 aromatic carbocycles. The number of fused-ring (bicyclic) bond motifs is 2.